The zero-order valence-corrected chi connectivity index (χ0v) is 43.2. The van der Waals surface area contributed by atoms with E-state index in [2.05, 4.69) is 265 Å². The van der Waals surface area contributed by atoms with Gasteiger partial charge in [0.1, 0.15) is 11.2 Å². The highest BCUT2D eigenvalue weighted by molar-refractivity contribution is 6.06. The van der Waals surface area contributed by atoms with E-state index in [4.69, 9.17) is 4.42 Å². The molecule has 0 bridgehead atoms. The van der Waals surface area contributed by atoms with Gasteiger partial charge in [-0.3, -0.25) is 0 Å². The molecule has 0 amide bonds. The van der Waals surface area contributed by atoms with E-state index in [1.165, 1.54) is 105 Å². The van der Waals surface area contributed by atoms with Gasteiger partial charge in [0.15, 0.2) is 0 Å². The number of furan rings is 1. The van der Waals surface area contributed by atoms with Gasteiger partial charge in [0.25, 0.3) is 0 Å². The predicted octanol–water partition coefficient (Wildman–Crippen LogP) is 20.1. The Hall–Kier alpha value is -8.72. The molecule has 0 spiro atoms. The Bertz CT molecular complexity index is 4390. The predicted molar refractivity (Wildman–Crippen MR) is 315 cm³/mol. The lowest BCUT2D eigenvalue weighted by atomic mass is 9.80. The van der Waals surface area contributed by atoms with Crippen molar-refractivity contribution in [2.24, 2.45) is 0 Å². The Morgan fingerprint density at radius 1 is 0.267 bits per heavy atom. The van der Waals surface area contributed by atoms with Crippen LogP contribution in [0.1, 0.15) is 74.9 Å². The first-order valence-corrected chi connectivity index (χ1v) is 26.5. The van der Waals surface area contributed by atoms with Crippen molar-refractivity contribution in [1.82, 2.24) is 0 Å². The summed E-state index contributed by atoms with van der Waals surface area (Å²) in [5.74, 6) is 0. The standard InChI is InChI=1S/C73H55NO/c1-71(2)63-37-48(44-14-8-7-9-15-44)22-29-55(63)58-33-26-52(41-66(58)71)74(53-27-34-59-56-30-23-49(38-64(56)72(3,4)67(59)42-53)47-21-20-45-16-10-11-17-46(45)36-47)54-28-35-60-57-31-24-50(39-65(57)73(5,6)68(60)43-54)51-25-32-62-61-18-12-13-19-69(61)75-70(62)40-51/h7-43H,1-6H3. The normalized spacial score (nSPS) is 14.9. The molecule has 11 aromatic carbocycles. The molecule has 1 aromatic heterocycles. The van der Waals surface area contributed by atoms with Gasteiger partial charge < -0.3 is 9.32 Å². The van der Waals surface area contributed by atoms with Crippen molar-refractivity contribution < 1.29 is 4.42 Å². The SMILES string of the molecule is CC1(C)c2cc(-c3ccccc3)ccc2-c2ccc(N(c3ccc4c(c3)C(C)(C)c3cc(-c5ccc6ccccc6c5)ccc3-4)c3ccc4c(c3)C(C)(C)c3cc(-c5ccc6c(c5)oc5ccccc56)ccc3-4)cc21. The van der Waals surface area contributed by atoms with E-state index in [9.17, 15) is 0 Å². The highest BCUT2D eigenvalue weighted by atomic mass is 16.3. The molecular formula is C73H55NO. The van der Waals surface area contributed by atoms with Crippen LogP contribution < -0.4 is 4.90 Å². The fraction of sp³-hybridized carbons (Fsp3) is 0.123. The lowest BCUT2D eigenvalue weighted by Crippen LogP contribution is -2.19. The Labute approximate surface area is 439 Å². The van der Waals surface area contributed by atoms with Gasteiger partial charge in [-0.2, -0.15) is 0 Å². The van der Waals surface area contributed by atoms with Crippen LogP contribution in [0.3, 0.4) is 0 Å². The summed E-state index contributed by atoms with van der Waals surface area (Å²) in [4.78, 5) is 2.53. The molecule has 0 saturated heterocycles. The number of rotatable bonds is 6. The van der Waals surface area contributed by atoms with Crippen LogP contribution >= 0.6 is 0 Å². The molecule has 0 fully saturated rings. The van der Waals surface area contributed by atoms with Crippen LogP contribution in [0.4, 0.5) is 17.1 Å². The van der Waals surface area contributed by atoms with E-state index in [0.717, 1.165) is 44.6 Å². The average molecular weight is 962 g/mol. The fourth-order valence-corrected chi connectivity index (χ4v) is 13.5. The molecule has 0 saturated carbocycles. The second kappa shape index (κ2) is 15.7. The molecular weight excluding hydrogens is 907 g/mol. The van der Waals surface area contributed by atoms with Crippen molar-refractivity contribution in [2.45, 2.75) is 57.8 Å². The van der Waals surface area contributed by atoms with E-state index in [1.54, 1.807) is 0 Å². The van der Waals surface area contributed by atoms with Crippen LogP contribution in [0, 0.1) is 0 Å². The molecule has 3 aliphatic carbocycles. The molecule has 12 aromatic rings. The quantitative estimate of drug-likeness (QED) is 0.165. The third-order valence-corrected chi connectivity index (χ3v) is 17.7. The summed E-state index contributed by atoms with van der Waals surface area (Å²) in [5.41, 5.74) is 27.9. The number of fused-ring (bicyclic) bond motifs is 13. The molecule has 358 valence electrons. The van der Waals surface area contributed by atoms with Crippen molar-refractivity contribution >= 4 is 49.8 Å². The molecule has 3 aliphatic rings. The molecule has 0 aliphatic heterocycles. The lowest BCUT2D eigenvalue weighted by molar-refractivity contribution is 0.659. The minimum Gasteiger partial charge on any atom is -0.456 e. The van der Waals surface area contributed by atoms with Gasteiger partial charge in [-0.1, -0.05) is 187 Å². The smallest absolute Gasteiger partial charge is 0.136 e. The Morgan fingerprint density at radius 3 is 1.17 bits per heavy atom. The minimum atomic E-state index is -0.256. The summed E-state index contributed by atoms with van der Waals surface area (Å²) in [7, 11) is 0. The molecule has 2 nitrogen and oxygen atoms in total. The minimum absolute atomic E-state index is 0.213. The molecule has 0 atom stereocenters. The average Bonchev–Trinajstić information content (AvgIpc) is 4.10. The van der Waals surface area contributed by atoms with Crippen LogP contribution in [0.15, 0.2) is 229 Å². The lowest BCUT2D eigenvalue weighted by Gasteiger charge is -2.31. The van der Waals surface area contributed by atoms with Gasteiger partial charge in [-0.25, -0.2) is 0 Å². The third kappa shape index (κ3) is 6.45. The maximum atomic E-state index is 6.36. The van der Waals surface area contributed by atoms with E-state index in [1.807, 2.05) is 6.07 Å². The first-order chi connectivity index (χ1) is 36.4. The van der Waals surface area contributed by atoms with E-state index >= 15 is 0 Å². The van der Waals surface area contributed by atoms with Crippen molar-refractivity contribution in [1.29, 1.82) is 0 Å². The van der Waals surface area contributed by atoms with E-state index in [-0.39, 0.29) is 16.2 Å². The monoisotopic (exact) mass is 961 g/mol. The third-order valence-electron chi connectivity index (χ3n) is 17.7. The van der Waals surface area contributed by atoms with E-state index in [0.29, 0.717) is 0 Å². The van der Waals surface area contributed by atoms with Crippen LogP contribution in [0.5, 0.6) is 0 Å². The summed E-state index contributed by atoms with van der Waals surface area (Å²) >= 11 is 0. The van der Waals surface area contributed by atoms with E-state index < -0.39 is 0 Å². The fourth-order valence-electron chi connectivity index (χ4n) is 13.5. The maximum absolute atomic E-state index is 6.36. The van der Waals surface area contributed by atoms with Gasteiger partial charge in [-0.15, -0.1) is 0 Å². The molecule has 1 heterocycles. The van der Waals surface area contributed by atoms with Crippen molar-refractivity contribution in [2.75, 3.05) is 4.90 Å². The first-order valence-electron chi connectivity index (χ1n) is 26.5. The largest absolute Gasteiger partial charge is 0.456 e. The second-order valence-electron chi connectivity index (χ2n) is 22.9. The van der Waals surface area contributed by atoms with Crippen LogP contribution in [-0.2, 0) is 16.2 Å². The summed E-state index contributed by atoms with van der Waals surface area (Å²) < 4.78 is 6.36. The Balaban J connectivity index is 0.847. The number of nitrogens with zero attached hydrogens (tertiary/aromatic N) is 1. The van der Waals surface area contributed by atoms with Crippen molar-refractivity contribution in [3.63, 3.8) is 0 Å². The molecule has 75 heavy (non-hydrogen) atoms. The second-order valence-corrected chi connectivity index (χ2v) is 22.9. The number of hydrogen-bond acceptors (Lipinski definition) is 2. The number of benzene rings is 11. The van der Waals surface area contributed by atoms with Gasteiger partial charge >= 0.3 is 0 Å². The summed E-state index contributed by atoms with van der Waals surface area (Å²) in [6.45, 7) is 14.4. The Morgan fingerprint density at radius 2 is 0.640 bits per heavy atom. The van der Waals surface area contributed by atoms with Gasteiger partial charge in [0.05, 0.1) is 0 Å². The summed E-state index contributed by atoms with van der Waals surface area (Å²) in [5, 5.41) is 4.83. The highest BCUT2D eigenvalue weighted by Gasteiger charge is 2.40. The number of hydrogen-bond donors (Lipinski definition) is 0. The number of anilines is 3. The molecule has 0 unspecified atom stereocenters. The first kappa shape index (κ1) is 43.8. The molecule has 2 heteroatoms. The van der Waals surface area contributed by atoms with Crippen LogP contribution in [-0.4, -0.2) is 0 Å². The van der Waals surface area contributed by atoms with Crippen molar-refractivity contribution in [3.05, 3.63) is 258 Å². The zero-order valence-electron chi connectivity index (χ0n) is 43.2. The van der Waals surface area contributed by atoms with Crippen LogP contribution in [0.25, 0.3) is 99.5 Å². The molecule has 0 radical (unpaired) electrons. The summed E-state index contributed by atoms with van der Waals surface area (Å²) in [6, 6.07) is 84.2. The van der Waals surface area contributed by atoms with Gasteiger partial charge in [-0.05, 0) is 190 Å². The summed E-state index contributed by atoms with van der Waals surface area (Å²) in [6.07, 6.45) is 0. The Kier molecular flexibility index (Phi) is 9.15. The molecule has 15 rings (SSSR count). The highest BCUT2D eigenvalue weighted by Crippen LogP contribution is 2.56. The number of para-hydroxylation sites is 1. The molecule has 0 N–H and O–H groups in total. The van der Waals surface area contributed by atoms with Gasteiger partial charge in [0, 0.05) is 44.1 Å². The maximum Gasteiger partial charge on any atom is 0.136 e. The van der Waals surface area contributed by atoms with Crippen LogP contribution in [0.2, 0.25) is 0 Å². The van der Waals surface area contributed by atoms with Crippen molar-refractivity contribution in [3.8, 4) is 66.8 Å². The van der Waals surface area contributed by atoms with Gasteiger partial charge in [0.2, 0.25) is 0 Å². The topological polar surface area (TPSA) is 16.4 Å². The zero-order chi connectivity index (χ0) is 50.5.